The van der Waals surface area contributed by atoms with Crippen LogP contribution in [-0.2, 0) is 6.54 Å². The van der Waals surface area contributed by atoms with Crippen LogP contribution in [0.25, 0.3) is 10.6 Å². The molecule has 0 spiro atoms. The van der Waals surface area contributed by atoms with E-state index in [1.165, 1.54) is 25.7 Å². The summed E-state index contributed by atoms with van der Waals surface area (Å²) in [5.74, 6) is 1.62. The van der Waals surface area contributed by atoms with E-state index in [4.69, 9.17) is 14.5 Å². The Morgan fingerprint density at radius 1 is 1.24 bits per heavy atom. The number of aromatic nitrogens is 1. The molecule has 0 unspecified atom stereocenters. The molecule has 0 bridgehead atoms. The van der Waals surface area contributed by atoms with Crippen LogP contribution in [0.15, 0.2) is 23.6 Å². The lowest BCUT2D eigenvalue weighted by Crippen LogP contribution is -2.35. The monoisotopic (exact) mass is 359 g/mol. The summed E-state index contributed by atoms with van der Waals surface area (Å²) in [6, 6.07) is 6.80. The van der Waals surface area contributed by atoms with Crippen LogP contribution in [0.1, 0.15) is 31.4 Å². The van der Waals surface area contributed by atoms with Gasteiger partial charge in [0.25, 0.3) is 0 Å². The molecule has 1 saturated carbocycles. The summed E-state index contributed by atoms with van der Waals surface area (Å²) in [6.07, 6.45) is 5.51. The maximum absolute atomic E-state index is 5.45. The Morgan fingerprint density at radius 3 is 2.96 bits per heavy atom. The third-order valence-electron chi connectivity index (χ3n) is 5.07. The Bertz CT molecular complexity index is 712. The number of fused-ring (bicyclic) bond motifs is 1. The second-order valence-electron chi connectivity index (χ2n) is 6.81. The van der Waals surface area contributed by atoms with Crippen molar-refractivity contribution in [1.82, 2.24) is 15.2 Å². The second kappa shape index (κ2) is 7.72. The zero-order chi connectivity index (χ0) is 17.1. The van der Waals surface area contributed by atoms with Crippen molar-refractivity contribution in [3.63, 3.8) is 0 Å². The van der Waals surface area contributed by atoms with Crippen LogP contribution in [0.4, 0.5) is 0 Å². The van der Waals surface area contributed by atoms with Gasteiger partial charge in [0, 0.05) is 36.6 Å². The fourth-order valence-corrected chi connectivity index (χ4v) is 4.37. The summed E-state index contributed by atoms with van der Waals surface area (Å²) in [7, 11) is 2.25. The normalized spacial score (nSPS) is 16.9. The average molecular weight is 359 g/mol. The molecule has 4 rings (SSSR count). The van der Waals surface area contributed by atoms with E-state index in [0.29, 0.717) is 6.79 Å². The maximum atomic E-state index is 5.45. The first-order valence-corrected chi connectivity index (χ1v) is 9.93. The van der Waals surface area contributed by atoms with E-state index < -0.39 is 0 Å². The van der Waals surface area contributed by atoms with E-state index in [2.05, 4.69) is 22.6 Å². The first kappa shape index (κ1) is 16.8. The van der Waals surface area contributed by atoms with Gasteiger partial charge in [-0.3, -0.25) is 0 Å². The van der Waals surface area contributed by atoms with Crippen LogP contribution in [-0.4, -0.2) is 42.9 Å². The molecule has 25 heavy (non-hydrogen) atoms. The Kier molecular flexibility index (Phi) is 5.20. The third-order valence-corrected chi connectivity index (χ3v) is 6.01. The standard InChI is InChI=1S/C19H25N3O2S/c1-22(16-4-2-3-5-16)9-8-20-11-15-12-25-19(21-15)14-6-7-17-18(10-14)24-13-23-17/h6-7,10,12,16,20H,2-5,8-9,11,13H2,1H3. The van der Waals surface area contributed by atoms with Gasteiger partial charge in [-0.1, -0.05) is 12.8 Å². The minimum Gasteiger partial charge on any atom is -0.454 e. The van der Waals surface area contributed by atoms with Gasteiger partial charge >= 0.3 is 0 Å². The Hall–Kier alpha value is -1.63. The summed E-state index contributed by atoms with van der Waals surface area (Å²) in [4.78, 5) is 7.25. The molecule has 1 aliphatic heterocycles. The molecular weight excluding hydrogens is 334 g/mol. The average Bonchev–Trinajstić information content (AvgIpc) is 3.39. The molecule has 0 radical (unpaired) electrons. The van der Waals surface area contributed by atoms with Gasteiger partial charge in [0.1, 0.15) is 5.01 Å². The first-order valence-electron chi connectivity index (χ1n) is 9.05. The van der Waals surface area contributed by atoms with Crippen LogP contribution >= 0.6 is 11.3 Å². The van der Waals surface area contributed by atoms with Crippen LogP contribution in [0.3, 0.4) is 0 Å². The van der Waals surface area contributed by atoms with Crippen molar-refractivity contribution in [3.8, 4) is 22.1 Å². The van der Waals surface area contributed by atoms with E-state index in [9.17, 15) is 0 Å². The van der Waals surface area contributed by atoms with E-state index in [0.717, 1.165) is 53.4 Å². The highest BCUT2D eigenvalue weighted by atomic mass is 32.1. The summed E-state index contributed by atoms with van der Waals surface area (Å²) in [5, 5.41) is 6.68. The van der Waals surface area contributed by atoms with Gasteiger partial charge in [0.2, 0.25) is 6.79 Å². The number of hydrogen-bond acceptors (Lipinski definition) is 6. The predicted molar refractivity (Wildman–Crippen MR) is 100 cm³/mol. The summed E-state index contributed by atoms with van der Waals surface area (Å²) in [6.45, 7) is 3.23. The number of hydrogen-bond donors (Lipinski definition) is 1. The molecule has 1 aliphatic carbocycles. The molecule has 2 aliphatic rings. The van der Waals surface area contributed by atoms with Gasteiger partial charge in [-0.25, -0.2) is 4.98 Å². The van der Waals surface area contributed by atoms with E-state index in [-0.39, 0.29) is 0 Å². The van der Waals surface area contributed by atoms with Crippen molar-refractivity contribution in [3.05, 3.63) is 29.3 Å². The lowest BCUT2D eigenvalue weighted by Gasteiger charge is -2.23. The molecule has 134 valence electrons. The Labute approximate surface area is 153 Å². The number of benzene rings is 1. The Morgan fingerprint density at radius 2 is 2.08 bits per heavy atom. The predicted octanol–water partition coefficient (Wildman–Crippen LogP) is 3.50. The molecule has 1 aromatic carbocycles. The molecule has 2 heterocycles. The van der Waals surface area contributed by atoms with Gasteiger partial charge in [0.05, 0.1) is 5.69 Å². The highest BCUT2D eigenvalue weighted by Gasteiger charge is 2.19. The van der Waals surface area contributed by atoms with Crippen molar-refractivity contribution in [2.24, 2.45) is 0 Å². The van der Waals surface area contributed by atoms with Crippen LogP contribution in [0.5, 0.6) is 11.5 Å². The van der Waals surface area contributed by atoms with Crippen molar-refractivity contribution in [2.75, 3.05) is 26.9 Å². The minimum absolute atomic E-state index is 0.307. The van der Waals surface area contributed by atoms with Gasteiger partial charge in [0.15, 0.2) is 11.5 Å². The maximum Gasteiger partial charge on any atom is 0.231 e. The molecule has 0 atom stereocenters. The van der Waals surface area contributed by atoms with Gasteiger partial charge in [-0.05, 0) is 38.1 Å². The minimum atomic E-state index is 0.307. The zero-order valence-corrected chi connectivity index (χ0v) is 15.5. The quantitative estimate of drug-likeness (QED) is 0.767. The molecule has 2 aromatic rings. The van der Waals surface area contributed by atoms with Crippen molar-refractivity contribution < 1.29 is 9.47 Å². The summed E-state index contributed by atoms with van der Waals surface area (Å²) >= 11 is 1.67. The molecule has 1 N–H and O–H groups in total. The van der Waals surface area contributed by atoms with Gasteiger partial charge in [-0.15, -0.1) is 11.3 Å². The summed E-state index contributed by atoms with van der Waals surface area (Å²) in [5.41, 5.74) is 2.18. The number of thiazole rings is 1. The van der Waals surface area contributed by atoms with Crippen LogP contribution in [0, 0.1) is 0 Å². The first-order chi connectivity index (χ1) is 12.3. The van der Waals surface area contributed by atoms with Gasteiger partial charge < -0.3 is 19.7 Å². The van der Waals surface area contributed by atoms with Crippen LogP contribution in [0.2, 0.25) is 0 Å². The van der Waals surface area contributed by atoms with Crippen molar-refractivity contribution >= 4 is 11.3 Å². The smallest absolute Gasteiger partial charge is 0.231 e. The number of likely N-dealkylation sites (N-methyl/N-ethyl adjacent to an activating group) is 1. The fraction of sp³-hybridized carbons (Fsp3) is 0.526. The SMILES string of the molecule is CN(CCNCc1csc(-c2ccc3c(c2)OCO3)n1)C1CCCC1. The topological polar surface area (TPSA) is 46.6 Å². The van der Waals surface area contributed by atoms with E-state index in [1.54, 1.807) is 11.3 Å². The van der Waals surface area contributed by atoms with E-state index in [1.807, 2.05) is 18.2 Å². The lowest BCUT2D eigenvalue weighted by atomic mass is 10.2. The molecule has 6 heteroatoms. The highest BCUT2D eigenvalue weighted by Crippen LogP contribution is 2.36. The molecular formula is C19H25N3O2S. The molecule has 1 fully saturated rings. The van der Waals surface area contributed by atoms with Crippen LogP contribution < -0.4 is 14.8 Å². The molecule has 0 saturated heterocycles. The number of ether oxygens (including phenoxy) is 2. The second-order valence-corrected chi connectivity index (χ2v) is 7.67. The van der Waals surface area contributed by atoms with E-state index >= 15 is 0 Å². The largest absolute Gasteiger partial charge is 0.454 e. The van der Waals surface area contributed by atoms with Crippen molar-refractivity contribution in [1.29, 1.82) is 0 Å². The molecule has 1 aromatic heterocycles. The number of nitrogens with one attached hydrogen (secondary N) is 1. The highest BCUT2D eigenvalue weighted by molar-refractivity contribution is 7.13. The fourth-order valence-electron chi connectivity index (χ4n) is 3.55. The summed E-state index contributed by atoms with van der Waals surface area (Å²) < 4.78 is 10.8. The Balaban J connectivity index is 1.27. The lowest BCUT2D eigenvalue weighted by molar-refractivity contribution is 0.174. The zero-order valence-electron chi connectivity index (χ0n) is 14.7. The van der Waals surface area contributed by atoms with Crippen molar-refractivity contribution in [2.45, 2.75) is 38.3 Å². The third kappa shape index (κ3) is 3.97. The van der Waals surface area contributed by atoms with Gasteiger partial charge in [-0.2, -0.15) is 0 Å². The number of rotatable bonds is 7. The molecule has 5 nitrogen and oxygen atoms in total. The molecule has 0 amide bonds. The number of nitrogens with zero attached hydrogens (tertiary/aromatic N) is 2.